The lowest BCUT2D eigenvalue weighted by atomic mass is 10.1. The molecule has 0 bridgehead atoms. The van der Waals surface area contributed by atoms with Crippen molar-refractivity contribution in [2.45, 2.75) is 46.6 Å². The fourth-order valence-corrected chi connectivity index (χ4v) is 3.06. The summed E-state index contributed by atoms with van der Waals surface area (Å²) in [5.74, 6) is -3.01. The van der Waals surface area contributed by atoms with Gasteiger partial charge < -0.3 is 19.8 Å². The number of hydrogen-bond acceptors (Lipinski definition) is 6. The summed E-state index contributed by atoms with van der Waals surface area (Å²) in [6.07, 6.45) is 0.0550. The number of carbonyl (C=O) groups excluding carboxylic acids is 4. The second-order valence-corrected chi connectivity index (χ2v) is 7.39. The minimum absolute atomic E-state index is 0.0550. The number of nitrogens with one attached hydrogen (secondary N) is 1. The number of ether oxygens (including phenoxy) is 1. The first-order valence-corrected chi connectivity index (χ1v) is 8.69. The van der Waals surface area contributed by atoms with Gasteiger partial charge in [-0.05, 0) is 34.6 Å². The van der Waals surface area contributed by atoms with Crippen LogP contribution in [0.15, 0.2) is 4.42 Å². The van der Waals surface area contributed by atoms with E-state index in [9.17, 15) is 19.2 Å². The zero-order chi connectivity index (χ0) is 20.5. The molecule has 9 nitrogen and oxygen atoms in total. The number of amides is 3. The van der Waals surface area contributed by atoms with Gasteiger partial charge in [-0.1, -0.05) is 0 Å². The van der Waals surface area contributed by atoms with Crippen LogP contribution in [0.2, 0.25) is 0 Å². The molecule has 27 heavy (non-hydrogen) atoms. The molecule has 0 saturated carbocycles. The zero-order valence-electron chi connectivity index (χ0n) is 16.2. The molecule has 1 aromatic heterocycles. The quantitative estimate of drug-likeness (QED) is 0.744. The summed E-state index contributed by atoms with van der Waals surface area (Å²) in [7, 11) is 0. The van der Waals surface area contributed by atoms with Crippen molar-refractivity contribution in [2.24, 2.45) is 11.7 Å². The summed E-state index contributed by atoms with van der Waals surface area (Å²) >= 11 is 0. The van der Waals surface area contributed by atoms with Crippen LogP contribution in [0.3, 0.4) is 0 Å². The molecule has 3 amide bonds. The number of nitrogens with two attached hydrogens (primary N) is 1. The molecule has 2 rings (SSSR count). The first-order valence-electron chi connectivity index (χ1n) is 8.69. The second-order valence-electron chi connectivity index (χ2n) is 7.39. The number of likely N-dealkylation sites (tertiary alicyclic amines) is 1. The third-order valence-electron chi connectivity index (χ3n) is 4.35. The molecule has 1 unspecified atom stereocenters. The fourth-order valence-electron chi connectivity index (χ4n) is 3.06. The Bertz CT molecular complexity index is 790. The Morgan fingerprint density at radius 3 is 2.41 bits per heavy atom. The van der Waals surface area contributed by atoms with Crippen LogP contribution in [0, 0.1) is 12.8 Å². The van der Waals surface area contributed by atoms with Crippen molar-refractivity contribution >= 4 is 29.6 Å². The van der Waals surface area contributed by atoms with Gasteiger partial charge in [0, 0.05) is 18.5 Å². The van der Waals surface area contributed by atoms with Crippen LogP contribution in [0.25, 0.3) is 0 Å². The van der Waals surface area contributed by atoms with E-state index in [0.29, 0.717) is 0 Å². The molecule has 148 valence electrons. The molecular weight excluding hydrogens is 354 g/mol. The lowest BCUT2D eigenvalue weighted by Gasteiger charge is -2.31. The number of furan rings is 1. The molecule has 0 aliphatic carbocycles. The average molecular weight is 379 g/mol. The van der Waals surface area contributed by atoms with E-state index < -0.39 is 29.2 Å². The number of primary amides is 1. The third-order valence-corrected chi connectivity index (χ3v) is 4.35. The van der Waals surface area contributed by atoms with Crippen LogP contribution in [0.1, 0.15) is 60.6 Å². The highest BCUT2D eigenvalue weighted by molar-refractivity contribution is 6.11. The Kier molecular flexibility index (Phi) is 5.62. The summed E-state index contributed by atoms with van der Waals surface area (Å²) < 4.78 is 10.3. The number of carbonyl (C=O) groups is 4. The Balaban J connectivity index is 2.26. The van der Waals surface area contributed by atoms with Crippen LogP contribution in [-0.2, 0) is 14.3 Å². The SMILES string of the molecule is CCOC(=O)c1c(C)oc(NC(=O)C2CC(=O)N(C(C)(C)C)C2)c1C(N)=O. The molecule has 1 aliphatic rings. The molecule has 0 aromatic carbocycles. The molecule has 1 aromatic rings. The van der Waals surface area contributed by atoms with Crippen LogP contribution < -0.4 is 11.1 Å². The van der Waals surface area contributed by atoms with Crippen molar-refractivity contribution < 1.29 is 28.3 Å². The lowest BCUT2D eigenvalue weighted by Crippen LogP contribution is -2.42. The molecule has 0 radical (unpaired) electrons. The Labute approximate surface area is 157 Å². The normalized spacial score (nSPS) is 17.1. The number of esters is 1. The van der Waals surface area contributed by atoms with Gasteiger partial charge in [0.25, 0.3) is 5.91 Å². The van der Waals surface area contributed by atoms with Crippen LogP contribution >= 0.6 is 0 Å². The molecular formula is C18H25N3O6. The Morgan fingerprint density at radius 1 is 1.30 bits per heavy atom. The molecule has 3 N–H and O–H groups in total. The van der Waals surface area contributed by atoms with Gasteiger partial charge in [-0.2, -0.15) is 0 Å². The van der Waals surface area contributed by atoms with Gasteiger partial charge in [0.1, 0.15) is 16.9 Å². The maximum absolute atomic E-state index is 12.6. The maximum Gasteiger partial charge on any atom is 0.342 e. The van der Waals surface area contributed by atoms with E-state index in [1.807, 2.05) is 20.8 Å². The lowest BCUT2D eigenvalue weighted by molar-refractivity contribution is -0.131. The van der Waals surface area contributed by atoms with E-state index in [1.54, 1.807) is 11.8 Å². The van der Waals surface area contributed by atoms with Gasteiger partial charge in [-0.3, -0.25) is 19.7 Å². The highest BCUT2D eigenvalue weighted by Crippen LogP contribution is 2.30. The number of rotatable bonds is 5. The van der Waals surface area contributed by atoms with Crippen LogP contribution in [-0.4, -0.2) is 47.3 Å². The van der Waals surface area contributed by atoms with E-state index in [0.717, 1.165) is 0 Å². The highest BCUT2D eigenvalue weighted by atomic mass is 16.5. The minimum Gasteiger partial charge on any atom is -0.462 e. The molecule has 1 atom stereocenters. The van der Waals surface area contributed by atoms with Crippen molar-refractivity contribution in [3.63, 3.8) is 0 Å². The largest absolute Gasteiger partial charge is 0.462 e. The average Bonchev–Trinajstić information content (AvgIpc) is 3.07. The molecule has 1 saturated heterocycles. The number of hydrogen-bond donors (Lipinski definition) is 2. The van der Waals surface area contributed by atoms with Gasteiger partial charge in [-0.25, -0.2) is 4.79 Å². The van der Waals surface area contributed by atoms with E-state index in [1.165, 1.54) is 6.92 Å². The predicted molar refractivity (Wildman–Crippen MR) is 96.1 cm³/mol. The molecule has 1 aliphatic heterocycles. The van der Waals surface area contributed by atoms with Crippen molar-refractivity contribution in [1.82, 2.24) is 4.90 Å². The summed E-state index contributed by atoms with van der Waals surface area (Å²) in [6, 6.07) is 0. The minimum atomic E-state index is -0.927. The molecule has 9 heteroatoms. The molecule has 1 fully saturated rings. The predicted octanol–water partition coefficient (Wildman–Crippen LogP) is 1.45. The first-order chi connectivity index (χ1) is 12.5. The van der Waals surface area contributed by atoms with Gasteiger partial charge in [0.15, 0.2) is 0 Å². The summed E-state index contributed by atoms with van der Waals surface area (Å²) in [5.41, 5.74) is 4.62. The number of nitrogens with zero attached hydrogens (tertiary/aromatic N) is 1. The van der Waals surface area contributed by atoms with Crippen molar-refractivity contribution in [3.05, 3.63) is 16.9 Å². The van der Waals surface area contributed by atoms with Crippen molar-refractivity contribution in [3.8, 4) is 0 Å². The van der Waals surface area contributed by atoms with E-state index in [2.05, 4.69) is 5.32 Å². The van der Waals surface area contributed by atoms with Crippen molar-refractivity contribution in [1.29, 1.82) is 0 Å². The van der Waals surface area contributed by atoms with Crippen LogP contribution in [0.4, 0.5) is 5.88 Å². The van der Waals surface area contributed by atoms with Crippen molar-refractivity contribution in [2.75, 3.05) is 18.5 Å². The number of aryl methyl sites for hydroxylation is 1. The van der Waals surface area contributed by atoms with Gasteiger partial charge in [-0.15, -0.1) is 0 Å². The van der Waals surface area contributed by atoms with Gasteiger partial charge in [0.2, 0.25) is 17.7 Å². The Hall–Kier alpha value is -2.84. The number of anilines is 1. The van der Waals surface area contributed by atoms with Crippen LogP contribution in [0.5, 0.6) is 0 Å². The summed E-state index contributed by atoms with van der Waals surface area (Å²) in [4.78, 5) is 50.3. The Morgan fingerprint density at radius 2 is 1.93 bits per heavy atom. The van der Waals surface area contributed by atoms with E-state index in [4.69, 9.17) is 14.9 Å². The topological polar surface area (TPSA) is 132 Å². The first kappa shape index (κ1) is 20.5. The summed E-state index contributed by atoms with van der Waals surface area (Å²) in [6.45, 7) is 9.11. The zero-order valence-corrected chi connectivity index (χ0v) is 16.2. The summed E-state index contributed by atoms with van der Waals surface area (Å²) in [5, 5.41) is 2.49. The third kappa shape index (κ3) is 4.12. The highest BCUT2D eigenvalue weighted by Gasteiger charge is 2.40. The van der Waals surface area contributed by atoms with E-state index in [-0.39, 0.29) is 48.3 Å². The smallest absolute Gasteiger partial charge is 0.342 e. The molecule has 2 heterocycles. The second kappa shape index (κ2) is 7.42. The maximum atomic E-state index is 12.6. The monoisotopic (exact) mass is 379 g/mol. The standard InChI is InChI=1S/C18H25N3O6/c1-6-26-17(25)12-9(2)27-16(13(12)14(19)23)20-15(24)10-7-11(22)21(8-10)18(3,4)5/h10H,6-8H2,1-5H3,(H2,19,23)(H,20,24). The van der Waals surface area contributed by atoms with Gasteiger partial charge >= 0.3 is 5.97 Å². The van der Waals surface area contributed by atoms with Gasteiger partial charge in [0.05, 0.1) is 12.5 Å². The fraction of sp³-hybridized carbons (Fsp3) is 0.556. The van der Waals surface area contributed by atoms with E-state index >= 15 is 0 Å². The molecule has 0 spiro atoms.